The Balaban J connectivity index is 1.52. The average molecular weight is 361 g/mol. The molecule has 26 heavy (non-hydrogen) atoms. The molecule has 7 heteroatoms. The van der Waals surface area contributed by atoms with Crippen LogP contribution in [0.5, 0.6) is 5.75 Å². The number of hydrogen-bond donors (Lipinski definition) is 1. The fourth-order valence-corrected chi connectivity index (χ4v) is 2.77. The molecule has 1 heterocycles. The Morgan fingerprint density at radius 3 is 2.31 bits per heavy atom. The van der Waals surface area contributed by atoms with Crippen LogP contribution < -0.4 is 10.1 Å². The topological polar surface area (TPSA) is 79.0 Å². The van der Waals surface area contributed by atoms with E-state index >= 15 is 0 Å². The van der Waals surface area contributed by atoms with Crippen molar-refractivity contribution in [2.24, 2.45) is 0 Å². The largest absolute Gasteiger partial charge is 0.494 e. The van der Waals surface area contributed by atoms with Gasteiger partial charge in [-0.1, -0.05) is 18.2 Å². The third-order valence-electron chi connectivity index (χ3n) is 4.30. The monoisotopic (exact) mass is 361 g/mol. The highest BCUT2D eigenvalue weighted by Gasteiger charge is 2.21. The zero-order chi connectivity index (χ0) is 18.8. The summed E-state index contributed by atoms with van der Waals surface area (Å²) in [6, 6.07) is 9.48. The minimum Gasteiger partial charge on any atom is -0.494 e. The molecule has 1 aliphatic heterocycles. The lowest BCUT2D eigenvalue weighted by Crippen LogP contribution is -2.50. The summed E-state index contributed by atoms with van der Waals surface area (Å²) in [6.07, 6.45) is 1.28. The molecule has 1 aliphatic rings. The van der Waals surface area contributed by atoms with Crippen LogP contribution in [0.25, 0.3) is 0 Å². The zero-order valence-electron chi connectivity index (χ0n) is 15.3. The number of benzene rings is 1. The summed E-state index contributed by atoms with van der Waals surface area (Å²) < 4.78 is 5.54. The number of piperazine rings is 1. The minimum atomic E-state index is -0.0733. The van der Waals surface area contributed by atoms with Crippen molar-refractivity contribution in [2.45, 2.75) is 26.2 Å². The first kappa shape index (κ1) is 19.8. The van der Waals surface area contributed by atoms with Crippen molar-refractivity contribution < 1.29 is 19.1 Å². The molecule has 1 fully saturated rings. The smallest absolute Gasteiger partial charge is 0.224 e. The highest BCUT2D eigenvalue weighted by Crippen LogP contribution is 2.08. The second-order valence-electron chi connectivity index (χ2n) is 6.25. The molecular formula is C19H27N3O4. The molecule has 142 valence electrons. The Morgan fingerprint density at radius 1 is 1.00 bits per heavy atom. The standard InChI is InChI=1S/C19H27N3O4/c1-16(23)21-11-13-22(14-12-21)19(25)9-10-20-18(24)8-5-15-26-17-6-3-2-4-7-17/h2-4,6-7H,5,8-15H2,1H3,(H,20,24). The van der Waals surface area contributed by atoms with Crippen LogP contribution in [0.3, 0.4) is 0 Å². The molecule has 0 bridgehead atoms. The molecule has 0 spiro atoms. The first-order valence-electron chi connectivity index (χ1n) is 9.04. The van der Waals surface area contributed by atoms with Gasteiger partial charge in [0.15, 0.2) is 0 Å². The lowest BCUT2D eigenvalue weighted by atomic mass is 10.2. The van der Waals surface area contributed by atoms with Crippen molar-refractivity contribution in [3.63, 3.8) is 0 Å². The maximum absolute atomic E-state index is 12.1. The second kappa shape index (κ2) is 10.4. The first-order chi connectivity index (χ1) is 12.6. The highest BCUT2D eigenvalue weighted by molar-refractivity contribution is 5.79. The van der Waals surface area contributed by atoms with Crippen molar-refractivity contribution in [3.8, 4) is 5.75 Å². The average Bonchev–Trinajstić information content (AvgIpc) is 2.66. The van der Waals surface area contributed by atoms with Gasteiger partial charge in [0.1, 0.15) is 5.75 Å². The van der Waals surface area contributed by atoms with Gasteiger partial charge in [-0.2, -0.15) is 0 Å². The van der Waals surface area contributed by atoms with Crippen molar-refractivity contribution in [1.82, 2.24) is 15.1 Å². The van der Waals surface area contributed by atoms with Crippen LogP contribution in [-0.2, 0) is 14.4 Å². The number of hydrogen-bond acceptors (Lipinski definition) is 4. The molecule has 2 rings (SSSR count). The Bertz CT molecular complexity index is 598. The lowest BCUT2D eigenvalue weighted by molar-refractivity contribution is -0.138. The van der Waals surface area contributed by atoms with E-state index in [9.17, 15) is 14.4 Å². The molecule has 0 atom stereocenters. The molecule has 7 nitrogen and oxygen atoms in total. The van der Waals surface area contributed by atoms with E-state index in [1.54, 1.807) is 9.80 Å². The van der Waals surface area contributed by atoms with E-state index in [2.05, 4.69) is 5.32 Å². The number of ether oxygens (including phenoxy) is 1. The summed E-state index contributed by atoms with van der Waals surface area (Å²) in [7, 11) is 0. The Kier molecular flexibility index (Phi) is 7.92. The molecule has 1 saturated heterocycles. The SMILES string of the molecule is CC(=O)N1CCN(C(=O)CCNC(=O)CCCOc2ccccc2)CC1. The van der Waals surface area contributed by atoms with Crippen LogP contribution >= 0.6 is 0 Å². The summed E-state index contributed by atoms with van der Waals surface area (Å²) in [5, 5.41) is 2.77. The van der Waals surface area contributed by atoms with E-state index in [0.717, 1.165) is 5.75 Å². The molecule has 0 aliphatic carbocycles. The molecule has 1 aromatic carbocycles. The van der Waals surface area contributed by atoms with E-state index in [-0.39, 0.29) is 24.1 Å². The zero-order valence-corrected chi connectivity index (χ0v) is 15.3. The molecule has 0 unspecified atom stereocenters. The quantitative estimate of drug-likeness (QED) is 0.702. The van der Waals surface area contributed by atoms with Gasteiger partial charge in [-0.25, -0.2) is 0 Å². The van der Waals surface area contributed by atoms with Crippen molar-refractivity contribution in [2.75, 3.05) is 39.3 Å². The van der Waals surface area contributed by atoms with Gasteiger partial charge in [-0.3, -0.25) is 14.4 Å². The molecular weight excluding hydrogens is 334 g/mol. The number of amides is 3. The van der Waals surface area contributed by atoms with E-state index < -0.39 is 0 Å². The van der Waals surface area contributed by atoms with Crippen LogP contribution in [0.4, 0.5) is 0 Å². The number of nitrogens with one attached hydrogen (secondary N) is 1. The molecule has 1 N–H and O–H groups in total. The predicted octanol–water partition coefficient (Wildman–Crippen LogP) is 1.04. The summed E-state index contributed by atoms with van der Waals surface area (Å²) in [6.45, 7) is 4.63. The van der Waals surface area contributed by atoms with Crippen LogP contribution in [0.1, 0.15) is 26.2 Å². The van der Waals surface area contributed by atoms with Gasteiger partial charge in [0.2, 0.25) is 17.7 Å². The molecule has 0 saturated carbocycles. The first-order valence-corrected chi connectivity index (χ1v) is 9.04. The molecule has 1 aromatic rings. The summed E-state index contributed by atoms with van der Waals surface area (Å²) in [5.74, 6) is 0.778. The van der Waals surface area contributed by atoms with Crippen LogP contribution in [0.15, 0.2) is 30.3 Å². The van der Waals surface area contributed by atoms with E-state index in [0.29, 0.717) is 52.2 Å². The van der Waals surface area contributed by atoms with Crippen molar-refractivity contribution in [3.05, 3.63) is 30.3 Å². The number of carbonyl (C=O) groups excluding carboxylic acids is 3. The van der Waals surface area contributed by atoms with Crippen LogP contribution in [0, 0.1) is 0 Å². The maximum atomic E-state index is 12.1. The number of carbonyl (C=O) groups is 3. The van der Waals surface area contributed by atoms with E-state index in [1.165, 1.54) is 6.92 Å². The third kappa shape index (κ3) is 6.74. The lowest BCUT2D eigenvalue weighted by Gasteiger charge is -2.34. The fraction of sp³-hybridized carbons (Fsp3) is 0.526. The number of rotatable bonds is 8. The molecule has 0 aromatic heterocycles. The van der Waals surface area contributed by atoms with Gasteiger partial charge >= 0.3 is 0 Å². The van der Waals surface area contributed by atoms with Gasteiger partial charge < -0.3 is 19.9 Å². The summed E-state index contributed by atoms with van der Waals surface area (Å²) in [4.78, 5) is 38.7. The minimum absolute atomic E-state index is 0.0147. The Hall–Kier alpha value is -2.57. The van der Waals surface area contributed by atoms with Crippen LogP contribution in [-0.4, -0.2) is 66.9 Å². The predicted molar refractivity (Wildman–Crippen MR) is 97.6 cm³/mol. The fourth-order valence-electron chi connectivity index (χ4n) is 2.77. The number of para-hydroxylation sites is 1. The van der Waals surface area contributed by atoms with Crippen molar-refractivity contribution >= 4 is 17.7 Å². The maximum Gasteiger partial charge on any atom is 0.224 e. The van der Waals surface area contributed by atoms with Gasteiger partial charge in [-0.15, -0.1) is 0 Å². The van der Waals surface area contributed by atoms with Crippen molar-refractivity contribution in [1.29, 1.82) is 0 Å². The van der Waals surface area contributed by atoms with Gasteiger partial charge in [0, 0.05) is 52.5 Å². The molecule has 0 radical (unpaired) electrons. The summed E-state index contributed by atoms with van der Waals surface area (Å²) >= 11 is 0. The normalized spacial score (nSPS) is 14.0. The van der Waals surface area contributed by atoms with Crippen LogP contribution in [0.2, 0.25) is 0 Å². The van der Waals surface area contributed by atoms with E-state index in [1.807, 2.05) is 30.3 Å². The van der Waals surface area contributed by atoms with Gasteiger partial charge in [-0.05, 0) is 18.6 Å². The third-order valence-corrected chi connectivity index (χ3v) is 4.30. The summed E-state index contributed by atoms with van der Waals surface area (Å²) in [5.41, 5.74) is 0. The van der Waals surface area contributed by atoms with E-state index in [4.69, 9.17) is 4.74 Å². The van der Waals surface area contributed by atoms with Gasteiger partial charge in [0.05, 0.1) is 6.61 Å². The molecule has 3 amide bonds. The second-order valence-corrected chi connectivity index (χ2v) is 6.25. The van der Waals surface area contributed by atoms with Gasteiger partial charge in [0.25, 0.3) is 0 Å². The Morgan fingerprint density at radius 2 is 1.65 bits per heavy atom. The Labute approximate surface area is 154 Å². The number of nitrogens with zero attached hydrogens (tertiary/aromatic N) is 2. The highest BCUT2D eigenvalue weighted by atomic mass is 16.5.